The predicted molar refractivity (Wildman–Crippen MR) is 96.1 cm³/mol. The lowest BCUT2D eigenvalue weighted by Gasteiger charge is -2.03. The molecular formula is C17H15ClN4S. The summed E-state index contributed by atoms with van der Waals surface area (Å²) in [5, 5.41) is 7.36. The second-order valence-corrected chi connectivity index (χ2v) is 6.00. The molecule has 3 aromatic rings. The summed E-state index contributed by atoms with van der Waals surface area (Å²) in [6.45, 7) is 2.72. The molecule has 0 aliphatic rings. The van der Waals surface area contributed by atoms with Gasteiger partial charge in [-0.3, -0.25) is 9.98 Å². The van der Waals surface area contributed by atoms with Crippen molar-refractivity contribution in [3.63, 3.8) is 0 Å². The van der Waals surface area contributed by atoms with Gasteiger partial charge in [0.2, 0.25) is 4.80 Å². The van der Waals surface area contributed by atoms with Gasteiger partial charge < -0.3 is 0 Å². The lowest BCUT2D eigenvalue weighted by molar-refractivity contribution is 0.833. The van der Waals surface area contributed by atoms with Crippen molar-refractivity contribution in [3.8, 4) is 11.3 Å². The number of rotatable bonds is 4. The molecule has 0 N–H and O–H groups in total. The van der Waals surface area contributed by atoms with Crippen LogP contribution in [-0.4, -0.2) is 22.4 Å². The number of hydrogen-bond donors (Lipinski definition) is 0. The molecule has 1 aromatic carbocycles. The van der Waals surface area contributed by atoms with Gasteiger partial charge in [0.25, 0.3) is 0 Å². The molecule has 0 unspecified atom stereocenters. The van der Waals surface area contributed by atoms with Gasteiger partial charge in [0.05, 0.1) is 11.9 Å². The molecule has 3 rings (SSSR count). The normalized spacial score (nSPS) is 12.2. The van der Waals surface area contributed by atoms with E-state index in [9.17, 15) is 0 Å². The average Bonchev–Trinajstić information content (AvgIpc) is 2.98. The van der Waals surface area contributed by atoms with Crippen LogP contribution in [0.2, 0.25) is 5.02 Å². The lowest BCUT2D eigenvalue weighted by atomic mass is 10.2. The van der Waals surface area contributed by atoms with Gasteiger partial charge in [-0.15, -0.1) is 11.3 Å². The molecule has 0 aliphatic heterocycles. The largest absolute Gasteiger partial charge is 0.264 e. The minimum absolute atomic E-state index is 0.711. The molecule has 6 heteroatoms. The van der Waals surface area contributed by atoms with Crippen LogP contribution in [-0.2, 0) is 0 Å². The Morgan fingerprint density at radius 1 is 1.26 bits per heavy atom. The van der Waals surface area contributed by atoms with Gasteiger partial charge in [0, 0.05) is 40.5 Å². The molecule has 4 nitrogen and oxygen atoms in total. The van der Waals surface area contributed by atoms with Crippen molar-refractivity contribution in [2.45, 2.75) is 6.92 Å². The molecule has 2 aromatic heterocycles. The number of benzene rings is 1. The summed E-state index contributed by atoms with van der Waals surface area (Å²) in [6.07, 6.45) is 5.30. The van der Waals surface area contributed by atoms with Crippen LogP contribution >= 0.6 is 22.9 Å². The molecule has 116 valence electrons. The Hall–Kier alpha value is -2.24. The van der Waals surface area contributed by atoms with E-state index < -0.39 is 0 Å². The van der Waals surface area contributed by atoms with E-state index >= 15 is 0 Å². The molecule has 0 atom stereocenters. The fourth-order valence-electron chi connectivity index (χ4n) is 2.05. The van der Waals surface area contributed by atoms with Gasteiger partial charge >= 0.3 is 0 Å². The maximum absolute atomic E-state index is 5.98. The summed E-state index contributed by atoms with van der Waals surface area (Å²) in [6, 6.07) is 11.6. The lowest BCUT2D eigenvalue weighted by Crippen LogP contribution is -2.12. The zero-order valence-corrected chi connectivity index (χ0v) is 14.1. The van der Waals surface area contributed by atoms with E-state index in [2.05, 4.69) is 20.5 Å². The first-order valence-corrected chi connectivity index (χ1v) is 8.45. The summed E-state index contributed by atoms with van der Waals surface area (Å²) < 4.78 is 1.85. The Balaban J connectivity index is 2.06. The first-order chi connectivity index (χ1) is 11.3. The molecule has 0 spiro atoms. The van der Waals surface area contributed by atoms with E-state index in [0.717, 1.165) is 21.6 Å². The van der Waals surface area contributed by atoms with Crippen LogP contribution in [0.5, 0.6) is 0 Å². The summed E-state index contributed by atoms with van der Waals surface area (Å²) in [5.41, 5.74) is 2.97. The number of nitrogens with zero attached hydrogens (tertiary/aromatic N) is 4. The second-order valence-electron chi connectivity index (χ2n) is 4.73. The maximum Gasteiger partial charge on any atom is 0.206 e. The number of thiazole rings is 1. The summed E-state index contributed by atoms with van der Waals surface area (Å²) >= 11 is 7.54. The molecule has 23 heavy (non-hydrogen) atoms. The minimum Gasteiger partial charge on any atom is -0.264 e. The van der Waals surface area contributed by atoms with Crippen molar-refractivity contribution in [2.24, 2.45) is 10.1 Å². The number of aromatic nitrogens is 2. The van der Waals surface area contributed by atoms with Crippen molar-refractivity contribution in [1.82, 2.24) is 9.66 Å². The van der Waals surface area contributed by atoms with Crippen molar-refractivity contribution in [3.05, 3.63) is 69.6 Å². The molecule has 0 saturated heterocycles. The third kappa shape index (κ3) is 3.75. The van der Waals surface area contributed by atoms with E-state index in [1.54, 1.807) is 29.9 Å². The maximum atomic E-state index is 5.98. The summed E-state index contributed by atoms with van der Waals surface area (Å²) in [5.74, 6) is 0. The highest BCUT2D eigenvalue weighted by atomic mass is 35.5. The standard InChI is InChI=1S/C17H15ClN4S/c1-2-20-17-22(21-11-13-4-3-9-19-10-13)16(12-23-17)14-5-7-15(18)8-6-14/h3-12H,2H2,1H3/b20-17?,21-11-. The Labute approximate surface area is 143 Å². The van der Waals surface area contributed by atoms with Crippen molar-refractivity contribution in [2.75, 3.05) is 6.54 Å². The van der Waals surface area contributed by atoms with Gasteiger partial charge in [-0.05, 0) is 25.1 Å². The zero-order chi connectivity index (χ0) is 16.1. The molecular weight excluding hydrogens is 328 g/mol. The van der Waals surface area contributed by atoms with Crippen LogP contribution in [0.4, 0.5) is 0 Å². The van der Waals surface area contributed by atoms with E-state index in [-0.39, 0.29) is 0 Å². The summed E-state index contributed by atoms with van der Waals surface area (Å²) in [7, 11) is 0. The highest BCUT2D eigenvalue weighted by molar-refractivity contribution is 7.07. The monoisotopic (exact) mass is 342 g/mol. The van der Waals surface area contributed by atoms with E-state index in [1.165, 1.54) is 0 Å². The smallest absolute Gasteiger partial charge is 0.206 e. The Bertz CT molecular complexity index is 864. The first kappa shape index (κ1) is 15.6. The van der Waals surface area contributed by atoms with Gasteiger partial charge in [0.15, 0.2) is 0 Å². The fourth-order valence-corrected chi connectivity index (χ4v) is 3.08. The van der Waals surface area contributed by atoms with Crippen molar-refractivity contribution in [1.29, 1.82) is 0 Å². The number of pyridine rings is 1. The first-order valence-electron chi connectivity index (χ1n) is 7.19. The SMILES string of the molecule is CCN=c1scc(-c2ccc(Cl)cc2)n1/N=C\c1cccnc1. The van der Waals surface area contributed by atoms with Gasteiger partial charge in [0.1, 0.15) is 0 Å². The van der Waals surface area contributed by atoms with Crippen molar-refractivity contribution >= 4 is 29.2 Å². The topological polar surface area (TPSA) is 42.5 Å². The molecule has 0 bridgehead atoms. The highest BCUT2D eigenvalue weighted by Crippen LogP contribution is 2.22. The predicted octanol–water partition coefficient (Wildman–Crippen LogP) is 4.07. The quantitative estimate of drug-likeness (QED) is 0.659. The number of hydrogen-bond acceptors (Lipinski definition) is 4. The number of halogens is 1. The third-order valence-electron chi connectivity index (χ3n) is 3.13. The Morgan fingerprint density at radius 3 is 2.78 bits per heavy atom. The fraction of sp³-hybridized carbons (Fsp3) is 0.118. The van der Waals surface area contributed by atoms with Crippen LogP contribution in [0.25, 0.3) is 11.3 Å². The third-order valence-corrected chi connectivity index (χ3v) is 4.23. The minimum atomic E-state index is 0.711. The molecule has 0 fully saturated rings. The van der Waals surface area contributed by atoms with E-state index in [0.29, 0.717) is 11.6 Å². The molecule has 0 amide bonds. The summed E-state index contributed by atoms with van der Waals surface area (Å²) in [4.78, 5) is 9.47. The van der Waals surface area contributed by atoms with E-state index in [4.69, 9.17) is 11.6 Å². The van der Waals surface area contributed by atoms with E-state index in [1.807, 2.05) is 48.0 Å². The molecule has 0 aliphatic carbocycles. The molecule has 0 radical (unpaired) electrons. The van der Waals surface area contributed by atoms with Crippen LogP contribution in [0.1, 0.15) is 12.5 Å². The van der Waals surface area contributed by atoms with Gasteiger partial charge in [-0.25, -0.2) is 4.68 Å². The van der Waals surface area contributed by atoms with Crippen LogP contribution in [0, 0.1) is 0 Å². The van der Waals surface area contributed by atoms with Crippen molar-refractivity contribution < 1.29 is 0 Å². The Morgan fingerprint density at radius 2 is 2.09 bits per heavy atom. The van der Waals surface area contributed by atoms with Crippen LogP contribution < -0.4 is 4.80 Å². The van der Waals surface area contributed by atoms with Gasteiger partial charge in [-0.1, -0.05) is 29.8 Å². The zero-order valence-electron chi connectivity index (χ0n) is 12.6. The van der Waals surface area contributed by atoms with Gasteiger partial charge in [-0.2, -0.15) is 5.10 Å². The van der Waals surface area contributed by atoms with Crippen LogP contribution in [0.3, 0.4) is 0 Å². The Kier molecular flexibility index (Phi) is 5.00. The molecule has 2 heterocycles. The van der Waals surface area contributed by atoms with Crippen LogP contribution in [0.15, 0.2) is 64.3 Å². The average molecular weight is 343 g/mol. The molecule has 0 saturated carbocycles. The highest BCUT2D eigenvalue weighted by Gasteiger charge is 2.07. The second kappa shape index (κ2) is 7.35.